The Kier molecular flexibility index (Phi) is 5.29. The lowest BCUT2D eigenvalue weighted by Gasteiger charge is -2.49. The second-order valence-corrected chi connectivity index (χ2v) is 8.02. The number of carbonyl (C=O) groups excluding carboxylic acids is 1. The highest BCUT2D eigenvalue weighted by Gasteiger charge is 2.46. The van der Waals surface area contributed by atoms with E-state index in [-0.39, 0.29) is 0 Å². The largest absolute Gasteiger partial charge is 0.493 e. The van der Waals surface area contributed by atoms with E-state index in [0.29, 0.717) is 29.1 Å². The molecule has 0 aliphatic heterocycles. The maximum Gasteiger partial charge on any atom is 0.358 e. The van der Waals surface area contributed by atoms with Crippen molar-refractivity contribution in [2.24, 2.45) is 28.8 Å². The van der Waals surface area contributed by atoms with Crippen LogP contribution in [-0.2, 0) is 9.63 Å². The first-order chi connectivity index (χ1) is 13.6. The van der Waals surface area contributed by atoms with Crippen molar-refractivity contribution in [1.29, 1.82) is 0 Å². The van der Waals surface area contributed by atoms with Gasteiger partial charge >= 0.3 is 5.97 Å². The molecule has 1 aromatic carbocycles. The van der Waals surface area contributed by atoms with E-state index in [9.17, 15) is 4.79 Å². The summed E-state index contributed by atoms with van der Waals surface area (Å²) < 4.78 is 16.0. The minimum absolute atomic E-state index is 0.477. The van der Waals surface area contributed by atoms with Crippen LogP contribution in [0.1, 0.15) is 37.7 Å². The average molecular weight is 385 g/mol. The summed E-state index contributed by atoms with van der Waals surface area (Å²) in [4.78, 5) is 17.4. The van der Waals surface area contributed by atoms with Gasteiger partial charge < -0.3 is 19.0 Å². The van der Waals surface area contributed by atoms with Gasteiger partial charge in [-0.15, -0.1) is 0 Å². The number of nitrogens with zero attached hydrogens (tertiary/aromatic N) is 1. The van der Waals surface area contributed by atoms with Gasteiger partial charge in [-0.25, -0.2) is 4.79 Å². The van der Waals surface area contributed by atoms with E-state index in [0.717, 1.165) is 23.1 Å². The molecule has 4 saturated carbocycles. The van der Waals surface area contributed by atoms with Gasteiger partial charge in [0, 0.05) is 17.9 Å². The summed E-state index contributed by atoms with van der Waals surface area (Å²) in [6.45, 7) is 0. The fourth-order valence-electron chi connectivity index (χ4n) is 5.31. The first-order valence-electron chi connectivity index (χ1n) is 9.88. The van der Waals surface area contributed by atoms with Gasteiger partial charge in [-0.3, -0.25) is 0 Å². The molecular weight excluding hydrogens is 358 g/mol. The molecule has 4 aliphatic carbocycles. The monoisotopic (exact) mass is 385 g/mol. The van der Waals surface area contributed by atoms with Gasteiger partial charge in [0.2, 0.25) is 5.75 Å². The number of benzene rings is 1. The van der Waals surface area contributed by atoms with Crippen LogP contribution < -0.4 is 14.2 Å². The topological polar surface area (TPSA) is 66.4 Å². The second-order valence-electron chi connectivity index (χ2n) is 8.02. The molecule has 4 fully saturated rings. The minimum Gasteiger partial charge on any atom is -0.493 e. The zero-order valence-corrected chi connectivity index (χ0v) is 16.6. The molecule has 0 atom stereocenters. The van der Waals surface area contributed by atoms with E-state index < -0.39 is 5.97 Å². The van der Waals surface area contributed by atoms with Crippen molar-refractivity contribution in [2.45, 2.75) is 32.1 Å². The summed E-state index contributed by atoms with van der Waals surface area (Å²) in [5.74, 6) is 3.85. The molecule has 0 amide bonds. The molecule has 0 radical (unpaired) electrons. The smallest absolute Gasteiger partial charge is 0.358 e. The van der Waals surface area contributed by atoms with Crippen LogP contribution in [0, 0.1) is 23.7 Å². The first-order valence-corrected chi connectivity index (χ1v) is 9.88. The van der Waals surface area contributed by atoms with Gasteiger partial charge in [-0.05, 0) is 67.7 Å². The van der Waals surface area contributed by atoms with E-state index in [4.69, 9.17) is 19.0 Å². The van der Waals surface area contributed by atoms with Crippen LogP contribution in [0.25, 0.3) is 6.08 Å². The quantitative estimate of drug-likeness (QED) is 0.419. The molecule has 150 valence electrons. The fourth-order valence-corrected chi connectivity index (χ4v) is 5.31. The summed E-state index contributed by atoms with van der Waals surface area (Å²) in [6.07, 6.45) is 9.27. The highest BCUT2D eigenvalue weighted by Crippen LogP contribution is 2.52. The van der Waals surface area contributed by atoms with Crippen molar-refractivity contribution in [3.05, 3.63) is 23.8 Å². The molecular formula is C22H27NO5. The molecule has 0 unspecified atom stereocenters. The van der Waals surface area contributed by atoms with Crippen LogP contribution in [0.15, 0.2) is 23.4 Å². The van der Waals surface area contributed by atoms with Crippen molar-refractivity contribution in [2.75, 3.05) is 21.3 Å². The van der Waals surface area contributed by atoms with Crippen molar-refractivity contribution < 1.29 is 23.8 Å². The molecule has 0 saturated heterocycles. The Bertz CT molecular complexity index is 758. The van der Waals surface area contributed by atoms with Gasteiger partial charge in [-0.1, -0.05) is 5.16 Å². The van der Waals surface area contributed by atoms with Crippen molar-refractivity contribution >= 4 is 17.8 Å². The first kappa shape index (κ1) is 18.8. The highest BCUT2D eigenvalue weighted by atomic mass is 16.7. The molecule has 0 aromatic heterocycles. The Morgan fingerprint density at radius 2 is 1.50 bits per heavy atom. The van der Waals surface area contributed by atoms with Gasteiger partial charge in [-0.2, -0.15) is 0 Å². The van der Waals surface area contributed by atoms with E-state index >= 15 is 0 Å². The molecule has 1 aromatic rings. The number of ether oxygens (including phenoxy) is 3. The molecule has 4 bridgehead atoms. The average Bonchev–Trinajstić information content (AvgIpc) is 2.70. The number of hydrogen-bond donors (Lipinski definition) is 0. The summed E-state index contributed by atoms with van der Waals surface area (Å²) in [7, 11) is 4.66. The molecule has 4 aliphatic rings. The summed E-state index contributed by atoms with van der Waals surface area (Å²) in [5, 5.41) is 4.28. The van der Waals surface area contributed by atoms with Crippen LogP contribution >= 0.6 is 0 Å². The lowest BCUT2D eigenvalue weighted by atomic mass is 9.55. The predicted molar refractivity (Wildman–Crippen MR) is 106 cm³/mol. The number of carbonyl (C=O) groups is 1. The van der Waals surface area contributed by atoms with Gasteiger partial charge in [0.1, 0.15) is 0 Å². The Morgan fingerprint density at radius 1 is 0.929 bits per heavy atom. The summed E-state index contributed by atoms with van der Waals surface area (Å²) >= 11 is 0. The van der Waals surface area contributed by atoms with Crippen LogP contribution in [0.5, 0.6) is 17.2 Å². The third-order valence-electron chi connectivity index (χ3n) is 6.31. The maximum atomic E-state index is 12.2. The minimum atomic E-state index is -0.477. The Morgan fingerprint density at radius 3 is 2.00 bits per heavy atom. The van der Waals surface area contributed by atoms with Crippen LogP contribution in [0.2, 0.25) is 0 Å². The molecule has 6 nitrogen and oxygen atoms in total. The van der Waals surface area contributed by atoms with Crippen molar-refractivity contribution in [1.82, 2.24) is 0 Å². The molecule has 0 N–H and O–H groups in total. The Balaban J connectivity index is 1.43. The number of rotatable bonds is 6. The van der Waals surface area contributed by atoms with Gasteiger partial charge in [0.25, 0.3) is 0 Å². The Hall–Kier alpha value is -2.50. The third kappa shape index (κ3) is 3.60. The zero-order valence-electron chi connectivity index (χ0n) is 16.6. The number of hydrogen-bond acceptors (Lipinski definition) is 6. The van der Waals surface area contributed by atoms with Gasteiger partial charge in [0.05, 0.1) is 27.0 Å². The van der Waals surface area contributed by atoms with Crippen LogP contribution in [0.4, 0.5) is 0 Å². The SMILES string of the molecule is COc1cc(/C=C/C(=O)ON=C2C3CC4CC(C3)CC2C4)cc(OC)c1OC. The second kappa shape index (κ2) is 7.86. The molecule has 28 heavy (non-hydrogen) atoms. The van der Waals surface area contributed by atoms with Crippen LogP contribution in [-0.4, -0.2) is 33.0 Å². The standard InChI is InChI=1S/C22H27NO5/c1-25-18-11-13(12-19(26-2)22(18)27-3)4-5-20(24)28-23-21-16-7-14-6-15(9-16)10-17(21)8-14/h4-5,11-12,14-17H,6-10H2,1-3H3/b5-4+,23-21?. The maximum absolute atomic E-state index is 12.2. The highest BCUT2D eigenvalue weighted by molar-refractivity contribution is 5.92. The molecule has 6 heteroatoms. The predicted octanol–water partition coefficient (Wildman–Crippen LogP) is 4.08. The summed E-state index contributed by atoms with van der Waals surface area (Å²) in [6, 6.07) is 3.55. The number of methoxy groups -OCH3 is 3. The normalized spacial score (nSPS) is 27.8. The third-order valence-corrected chi connectivity index (χ3v) is 6.31. The lowest BCUT2D eigenvalue weighted by molar-refractivity contribution is -0.137. The fraction of sp³-hybridized carbons (Fsp3) is 0.545. The van der Waals surface area contributed by atoms with E-state index in [1.807, 2.05) is 0 Å². The molecule has 0 spiro atoms. The molecule has 0 heterocycles. The van der Waals surface area contributed by atoms with Crippen molar-refractivity contribution in [3.63, 3.8) is 0 Å². The van der Waals surface area contributed by atoms with E-state index in [1.54, 1.807) is 39.5 Å². The Labute approximate surface area is 165 Å². The lowest BCUT2D eigenvalue weighted by Crippen LogP contribution is -2.45. The van der Waals surface area contributed by atoms with Gasteiger partial charge in [0.15, 0.2) is 11.5 Å². The number of oxime groups is 1. The van der Waals surface area contributed by atoms with E-state index in [2.05, 4.69) is 5.16 Å². The summed E-state index contributed by atoms with van der Waals surface area (Å²) in [5.41, 5.74) is 1.86. The van der Waals surface area contributed by atoms with Crippen molar-refractivity contribution in [3.8, 4) is 17.2 Å². The zero-order chi connectivity index (χ0) is 19.7. The van der Waals surface area contributed by atoms with Crippen LogP contribution in [0.3, 0.4) is 0 Å². The molecule has 5 rings (SSSR count). The van der Waals surface area contributed by atoms with E-state index in [1.165, 1.54) is 38.2 Å².